The van der Waals surface area contributed by atoms with Gasteiger partial charge in [0.25, 0.3) is 11.8 Å². The molecule has 286 valence electrons. The van der Waals surface area contributed by atoms with E-state index in [9.17, 15) is 28.8 Å². The van der Waals surface area contributed by atoms with Gasteiger partial charge >= 0.3 is 0 Å². The smallest absolute Gasteiger partial charge is 0.263 e. The van der Waals surface area contributed by atoms with Gasteiger partial charge in [-0.3, -0.25) is 39.0 Å². The number of nitrogens with one attached hydrogen (secondary N) is 3. The summed E-state index contributed by atoms with van der Waals surface area (Å²) in [6.45, 7) is 5.84. The third kappa shape index (κ3) is 9.13. The van der Waals surface area contributed by atoms with Crippen molar-refractivity contribution in [1.82, 2.24) is 25.5 Å². The Morgan fingerprint density at radius 1 is 1.05 bits per heavy atom. The van der Waals surface area contributed by atoms with E-state index in [0.717, 1.165) is 41.3 Å². The van der Waals surface area contributed by atoms with Gasteiger partial charge in [0, 0.05) is 54.2 Å². The van der Waals surface area contributed by atoms with Crippen molar-refractivity contribution in [2.75, 3.05) is 35.6 Å². The molecule has 7 N–H and O–H groups in total. The second-order valence-electron chi connectivity index (χ2n) is 14.1. The SMILES string of the molecule is Cc1c(NC(=O)CC(=O)NCCCCC#Cc2cccc3c2C(=O)N(C2CCC(=O)NC2=O)C3=O)cccc1Sc1ncc(N2CCC(C)(N)CC2)nc1N. The maximum atomic E-state index is 13.2. The van der Waals surface area contributed by atoms with Crippen LogP contribution in [0, 0.1) is 18.8 Å². The number of carbonyl (C=O) groups excluding carboxylic acids is 6. The molecule has 6 rings (SSSR count). The third-order valence-corrected chi connectivity index (χ3v) is 11.0. The van der Waals surface area contributed by atoms with Crippen molar-refractivity contribution in [3.8, 4) is 11.8 Å². The van der Waals surface area contributed by atoms with E-state index in [0.29, 0.717) is 53.7 Å². The average Bonchev–Trinajstić information content (AvgIpc) is 3.39. The Balaban J connectivity index is 0.935. The van der Waals surface area contributed by atoms with Crippen molar-refractivity contribution in [2.45, 2.75) is 86.7 Å². The maximum absolute atomic E-state index is 13.2. The Kier molecular flexibility index (Phi) is 11.8. The molecule has 3 aromatic rings. The molecule has 2 fully saturated rings. The lowest BCUT2D eigenvalue weighted by Gasteiger charge is -2.37. The number of imide groups is 2. The van der Waals surface area contributed by atoms with Crippen molar-refractivity contribution in [3.63, 3.8) is 0 Å². The van der Waals surface area contributed by atoms with E-state index in [1.807, 2.05) is 19.1 Å². The molecule has 4 heterocycles. The highest BCUT2D eigenvalue weighted by atomic mass is 32.2. The summed E-state index contributed by atoms with van der Waals surface area (Å²) in [5.41, 5.74) is 14.5. The van der Waals surface area contributed by atoms with E-state index < -0.39 is 41.5 Å². The van der Waals surface area contributed by atoms with Gasteiger partial charge in [-0.2, -0.15) is 0 Å². The summed E-state index contributed by atoms with van der Waals surface area (Å²) >= 11 is 1.35. The first-order chi connectivity index (χ1) is 26.3. The number of anilines is 3. The molecule has 1 atom stereocenters. The van der Waals surface area contributed by atoms with Crippen LogP contribution in [0.5, 0.6) is 0 Å². The highest BCUT2D eigenvalue weighted by Gasteiger charge is 2.45. The first-order valence-electron chi connectivity index (χ1n) is 18.1. The minimum absolute atomic E-state index is 0.0390. The molecule has 0 spiro atoms. The highest BCUT2D eigenvalue weighted by molar-refractivity contribution is 7.99. The average molecular weight is 766 g/mol. The fourth-order valence-electron chi connectivity index (χ4n) is 6.57. The predicted molar refractivity (Wildman–Crippen MR) is 206 cm³/mol. The number of rotatable bonds is 11. The molecule has 2 saturated heterocycles. The largest absolute Gasteiger partial charge is 0.381 e. The first-order valence-corrected chi connectivity index (χ1v) is 19.0. The molecular weight excluding hydrogens is 723 g/mol. The summed E-state index contributed by atoms with van der Waals surface area (Å²) in [7, 11) is 0. The molecule has 0 aliphatic carbocycles. The number of nitrogens with two attached hydrogens (primary N) is 2. The summed E-state index contributed by atoms with van der Waals surface area (Å²) in [5.74, 6) is 3.84. The number of nitrogen functional groups attached to an aromatic ring is 1. The van der Waals surface area contributed by atoms with Gasteiger partial charge in [-0.1, -0.05) is 35.7 Å². The number of hydrogen-bond acceptors (Lipinski definition) is 12. The number of aromatic nitrogens is 2. The Hall–Kier alpha value is -5.79. The van der Waals surface area contributed by atoms with Gasteiger partial charge in [0.15, 0.2) is 5.82 Å². The van der Waals surface area contributed by atoms with Gasteiger partial charge < -0.3 is 27.0 Å². The standard InChI is InChI=1S/C39H43N9O6S/c1-23-26(12-8-13-28(23)55-36-34(40)45-29(22-43-36)47-19-16-39(2,41)17-20-47)44-32(51)21-31(50)42-18-6-4-3-5-9-24-10-7-11-25-33(24)38(54)48(37(25)53)27-14-15-30(49)46-35(27)52/h7-8,10-13,22,27H,3-4,6,14-21,41H2,1-2H3,(H2,40,45)(H,42,50)(H,44,51)(H,46,49,52). The number of benzene rings is 2. The van der Waals surface area contributed by atoms with Gasteiger partial charge in [-0.15, -0.1) is 0 Å². The van der Waals surface area contributed by atoms with Crippen molar-refractivity contribution >= 4 is 64.5 Å². The molecule has 3 aliphatic heterocycles. The molecule has 3 aliphatic rings. The highest BCUT2D eigenvalue weighted by Crippen LogP contribution is 2.36. The van der Waals surface area contributed by atoms with Crippen molar-refractivity contribution in [3.05, 3.63) is 64.8 Å². The van der Waals surface area contributed by atoms with Gasteiger partial charge in [-0.25, -0.2) is 9.97 Å². The molecule has 0 radical (unpaired) electrons. The van der Waals surface area contributed by atoms with Crippen LogP contribution in [-0.2, 0) is 19.2 Å². The molecule has 1 unspecified atom stereocenters. The first kappa shape index (κ1) is 38.9. The van der Waals surface area contributed by atoms with Crippen LogP contribution in [0.1, 0.15) is 90.1 Å². The molecule has 0 bridgehead atoms. The molecule has 16 heteroatoms. The van der Waals surface area contributed by atoms with Crippen LogP contribution in [0.3, 0.4) is 0 Å². The summed E-state index contributed by atoms with van der Waals surface area (Å²) in [5, 5.41) is 8.32. The molecular formula is C39H43N9O6S. The number of hydrogen-bond donors (Lipinski definition) is 5. The molecule has 55 heavy (non-hydrogen) atoms. The molecule has 6 amide bonds. The summed E-state index contributed by atoms with van der Waals surface area (Å²) in [4.78, 5) is 88.5. The molecule has 15 nitrogen and oxygen atoms in total. The van der Waals surface area contributed by atoms with Gasteiger partial charge in [0.05, 0.1) is 17.3 Å². The zero-order valence-electron chi connectivity index (χ0n) is 30.7. The zero-order valence-corrected chi connectivity index (χ0v) is 31.5. The van der Waals surface area contributed by atoms with Crippen LogP contribution < -0.4 is 32.3 Å². The van der Waals surface area contributed by atoms with Crippen LogP contribution in [0.15, 0.2) is 52.5 Å². The van der Waals surface area contributed by atoms with E-state index >= 15 is 0 Å². The Bertz CT molecular complexity index is 2120. The number of carbonyl (C=O) groups is 6. The zero-order chi connectivity index (χ0) is 39.3. The third-order valence-electron chi connectivity index (χ3n) is 9.81. The summed E-state index contributed by atoms with van der Waals surface area (Å²) < 4.78 is 0. The van der Waals surface area contributed by atoms with Crippen LogP contribution in [0.25, 0.3) is 0 Å². The Morgan fingerprint density at radius 3 is 2.56 bits per heavy atom. The second kappa shape index (κ2) is 16.7. The normalized spacial score (nSPS) is 17.6. The lowest BCUT2D eigenvalue weighted by molar-refractivity contribution is -0.136. The van der Waals surface area contributed by atoms with E-state index in [-0.39, 0.29) is 35.9 Å². The van der Waals surface area contributed by atoms with Crippen LogP contribution in [0.4, 0.5) is 17.3 Å². The Labute approximate surface area is 322 Å². The number of fused-ring (bicyclic) bond motifs is 1. The molecule has 0 saturated carbocycles. The predicted octanol–water partition coefficient (Wildman–Crippen LogP) is 2.90. The number of unbranched alkanes of at least 4 members (excludes halogenated alkanes) is 2. The fraction of sp³-hybridized carbons (Fsp3) is 0.385. The fourth-order valence-corrected chi connectivity index (χ4v) is 7.44. The van der Waals surface area contributed by atoms with E-state index in [2.05, 4.69) is 49.6 Å². The maximum Gasteiger partial charge on any atom is 0.263 e. The van der Waals surface area contributed by atoms with E-state index in [4.69, 9.17) is 11.5 Å². The van der Waals surface area contributed by atoms with Crippen LogP contribution in [-0.4, -0.2) is 81.5 Å². The van der Waals surface area contributed by atoms with Gasteiger partial charge in [0.2, 0.25) is 23.6 Å². The summed E-state index contributed by atoms with van der Waals surface area (Å²) in [6.07, 6.45) is 4.89. The number of piperidine rings is 2. The summed E-state index contributed by atoms with van der Waals surface area (Å²) in [6, 6.07) is 9.22. The minimum atomic E-state index is -1.05. The lowest BCUT2D eigenvalue weighted by Crippen LogP contribution is -2.54. The topological polar surface area (TPSA) is 223 Å². The van der Waals surface area contributed by atoms with Crippen LogP contribution >= 0.6 is 11.8 Å². The monoisotopic (exact) mass is 765 g/mol. The number of nitrogens with zero attached hydrogens (tertiary/aromatic N) is 4. The van der Waals surface area contributed by atoms with Crippen molar-refractivity contribution in [2.24, 2.45) is 5.73 Å². The van der Waals surface area contributed by atoms with Crippen molar-refractivity contribution in [1.29, 1.82) is 0 Å². The van der Waals surface area contributed by atoms with Gasteiger partial charge in [-0.05, 0) is 75.8 Å². The molecule has 2 aromatic carbocycles. The number of amides is 6. The quantitative estimate of drug-likeness (QED) is 0.0823. The minimum Gasteiger partial charge on any atom is -0.381 e. The van der Waals surface area contributed by atoms with Crippen LogP contribution in [0.2, 0.25) is 0 Å². The molecule has 1 aromatic heterocycles. The van der Waals surface area contributed by atoms with Gasteiger partial charge in [0.1, 0.15) is 23.3 Å². The van der Waals surface area contributed by atoms with E-state index in [1.54, 1.807) is 24.4 Å². The Morgan fingerprint density at radius 2 is 1.82 bits per heavy atom. The van der Waals surface area contributed by atoms with Crippen molar-refractivity contribution < 1.29 is 28.8 Å². The second-order valence-corrected chi connectivity index (χ2v) is 15.1. The van der Waals surface area contributed by atoms with E-state index in [1.165, 1.54) is 17.8 Å². The lowest BCUT2D eigenvalue weighted by atomic mass is 9.91.